The summed E-state index contributed by atoms with van der Waals surface area (Å²) in [5.74, 6) is 1.03. The van der Waals surface area contributed by atoms with Gasteiger partial charge < -0.3 is 15.6 Å². The highest BCUT2D eigenvalue weighted by molar-refractivity contribution is 9.11. The second kappa shape index (κ2) is 6.71. The molecule has 4 nitrogen and oxygen atoms in total. The van der Waals surface area contributed by atoms with Gasteiger partial charge in [0.05, 0.1) is 8.95 Å². The molecule has 0 fully saturated rings. The molecule has 116 valence electrons. The van der Waals surface area contributed by atoms with Gasteiger partial charge in [-0.05, 0) is 68.1 Å². The lowest BCUT2D eigenvalue weighted by molar-refractivity contribution is 0.1000. The van der Waals surface area contributed by atoms with E-state index >= 15 is 0 Å². The fourth-order valence-electron chi connectivity index (χ4n) is 1.98. The smallest absolute Gasteiger partial charge is 0.248 e. The average molecular weight is 429 g/mol. The van der Waals surface area contributed by atoms with E-state index in [9.17, 15) is 9.90 Å². The van der Waals surface area contributed by atoms with E-state index in [-0.39, 0.29) is 11.7 Å². The molecule has 0 aliphatic carbocycles. The zero-order chi connectivity index (χ0) is 16.4. The SMILES string of the molecule is CC(C)c1cc(Oc2c(Br)cc(C(N)=O)cc2Br)ccc1O. The third kappa shape index (κ3) is 3.62. The van der Waals surface area contributed by atoms with E-state index in [0.717, 1.165) is 5.56 Å². The van der Waals surface area contributed by atoms with Gasteiger partial charge in [0.1, 0.15) is 11.5 Å². The molecular weight excluding hydrogens is 414 g/mol. The van der Waals surface area contributed by atoms with Crippen LogP contribution in [0.4, 0.5) is 0 Å². The van der Waals surface area contributed by atoms with E-state index in [4.69, 9.17) is 10.5 Å². The number of amides is 1. The number of primary amides is 1. The number of hydrogen-bond acceptors (Lipinski definition) is 3. The summed E-state index contributed by atoms with van der Waals surface area (Å²) in [5.41, 5.74) is 6.45. The number of benzene rings is 2. The second-order valence-electron chi connectivity index (χ2n) is 5.11. The second-order valence-corrected chi connectivity index (χ2v) is 6.82. The van der Waals surface area contributed by atoms with Crippen molar-refractivity contribution in [3.63, 3.8) is 0 Å². The molecule has 0 saturated carbocycles. The Kier molecular flexibility index (Phi) is 5.13. The lowest BCUT2D eigenvalue weighted by Gasteiger charge is -2.14. The summed E-state index contributed by atoms with van der Waals surface area (Å²) in [6.45, 7) is 3.98. The Labute approximate surface area is 145 Å². The van der Waals surface area contributed by atoms with Crippen molar-refractivity contribution in [2.45, 2.75) is 19.8 Å². The Morgan fingerprint density at radius 2 is 1.77 bits per heavy atom. The van der Waals surface area contributed by atoms with E-state index < -0.39 is 5.91 Å². The zero-order valence-corrected chi connectivity index (χ0v) is 15.2. The first-order chi connectivity index (χ1) is 10.3. The van der Waals surface area contributed by atoms with Crippen LogP contribution < -0.4 is 10.5 Å². The van der Waals surface area contributed by atoms with Crippen LogP contribution in [-0.4, -0.2) is 11.0 Å². The number of hydrogen-bond donors (Lipinski definition) is 2. The number of ether oxygens (including phenoxy) is 1. The summed E-state index contributed by atoms with van der Waals surface area (Å²) < 4.78 is 7.08. The number of carbonyl (C=O) groups excluding carboxylic acids is 1. The van der Waals surface area contributed by atoms with Crippen LogP contribution in [0.15, 0.2) is 39.3 Å². The van der Waals surface area contributed by atoms with Gasteiger partial charge in [-0.3, -0.25) is 4.79 Å². The Balaban J connectivity index is 2.39. The zero-order valence-electron chi connectivity index (χ0n) is 12.1. The monoisotopic (exact) mass is 427 g/mol. The maximum Gasteiger partial charge on any atom is 0.248 e. The predicted molar refractivity (Wildman–Crippen MR) is 92.6 cm³/mol. The van der Waals surface area contributed by atoms with Gasteiger partial charge in [0, 0.05) is 11.1 Å². The van der Waals surface area contributed by atoms with Crippen LogP contribution in [0.2, 0.25) is 0 Å². The van der Waals surface area contributed by atoms with Gasteiger partial charge in [0.15, 0.2) is 5.75 Å². The minimum absolute atomic E-state index is 0.174. The van der Waals surface area contributed by atoms with Crippen LogP contribution >= 0.6 is 31.9 Å². The molecule has 2 aromatic carbocycles. The molecule has 0 bridgehead atoms. The molecule has 0 radical (unpaired) electrons. The number of carbonyl (C=O) groups is 1. The Morgan fingerprint density at radius 3 is 2.27 bits per heavy atom. The lowest BCUT2D eigenvalue weighted by Crippen LogP contribution is -2.11. The molecule has 3 N–H and O–H groups in total. The summed E-state index contributed by atoms with van der Waals surface area (Å²) in [6.07, 6.45) is 0. The van der Waals surface area contributed by atoms with Crippen molar-refractivity contribution in [3.05, 3.63) is 50.4 Å². The summed E-state index contributed by atoms with van der Waals surface area (Å²) in [5, 5.41) is 9.85. The third-order valence-corrected chi connectivity index (χ3v) is 4.30. The van der Waals surface area contributed by atoms with Gasteiger partial charge in [0.25, 0.3) is 0 Å². The van der Waals surface area contributed by atoms with Crippen molar-refractivity contribution in [1.82, 2.24) is 0 Å². The highest BCUT2D eigenvalue weighted by Crippen LogP contribution is 2.39. The van der Waals surface area contributed by atoms with Crippen LogP contribution in [0.1, 0.15) is 35.7 Å². The van der Waals surface area contributed by atoms with Crippen LogP contribution in [0.25, 0.3) is 0 Å². The number of phenolic OH excluding ortho intramolecular Hbond substituents is 1. The fourth-order valence-corrected chi connectivity index (χ4v) is 3.32. The van der Waals surface area contributed by atoms with Crippen molar-refractivity contribution in [1.29, 1.82) is 0 Å². The number of phenols is 1. The van der Waals surface area contributed by atoms with E-state index in [1.807, 2.05) is 13.8 Å². The first-order valence-corrected chi connectivity index (χ1v) is 8.17. The molecule has 0 aromatic heterocycles. The van der Waals surface area contributed by atoms with Gasteiger partial charge in [-0.25, -0.2) is 0 Å². The number of nitrogens with two attached hydrogens (primary N) is 1. The first-order valence-electron chi connectivity index (χ1n) is 6.59. The average Bonchev–Trinajstić information content (AvgIpc) is 2.43. The molecule has 2 aromatic rings. The van der Waals surface area contributed by atoms with Crippen LogP contribution in [0.3, 0.4) is 0 Å². The minimum atomic E-state index is -0.514. The number of rotatable bonds is 4. The maximum absolute atomic E-state index is 11.2. The number of halogens is 2. The van der Waals surface area contributed by atoms with Gasteiger partial charge in [-0.2, -0.15) is 0 Å². The van der Waals surface area contributed by atoms with Crippen molar-refractivity contribution in [2.24, 2.45) is 5.73 Å². The molecular formula is C16H15Br2NO3. The Morgan fingerprint density at radius 1 is 1.18 bits per heavy atom. The summed E-state index contributed by atoms with van der Waals surface area (Å²) >= 11 is 6.75. The molecule has 2 rings (SSSR count). The third-order valence-electron chi connectivity index (χ3n) is 3.12. The summed E-state index contributed by atoms with van der Waals surface area (Å²) in [7, 11) is 0. The van der Waals surface area contributed by atoms with E-state index in [0.29, 0.717) is 26.0 Å². The molecule has 0 saturated heterocycles. The van der Waals surface area contributed by atoms with Gasteiger partial charge in [-0.1, -0.05) is 13.8 Å². The molecule has 0 spiro atoms. The standard InChI is InChI=1S/C16H15Br2NO3/c1-8(2)11-7-10(3-4-14(11)20)22-15-12(17)5-9(16(19)21)6-13(15)18/h3-8,20H,1-2H3,(H2,19,21). The van der Waals surface area contributed by atoms with E-state index in [1.165, 1.54) is 0 Å². The molecule has 0 atom stereocenters. The molecule has 22 heavy (non-hydrogen) atoms. The van der Waals surface area contributed by atoms with Crippen molar-refractivity contribution in [2.75, 3.05) is 0 Å². The van der Waals surface area contributed by atoms with Crippen molar-refractivity contribution < 1.29 is 14.6 Å². The lowest BCUT2D eigenvalue weighted by atomic mass is 10.0. The maximum atomic E-state index is 11.2. The molecule has 0 unspecified atom stereocenters. The minimum Gasteiger partial charge on any atom is -0.508 e. The highest BCUT2D eigenvalue weighted by Gasteiger charge is 2.14. The molecule has 0 aliphatic heterocycles. The van der Waals surface area contributed by atoms with Crippen LogP contribution in [-0.2, 0) is 0 Å². The van der Waals surface area contributed by atoms with Gasteiger partial charge in [0.2, 0.25) is 5.91 Å². The van der Waals surface area contributed by atoms with Crippen molar-refractivity contribution >= 4 is 37.8 Å². The largest absolute Gasteiger partial charge is 0.508 e. The van der Waals surface area contributed by atoms with Crippen molar-refractivity contribution in [3.8, 4) is 17.2 Å². The molecule has 0 aliphatic rings. The predicted octanol–water partition coefficient (Wildman–Crippen LogP) is 4.93. The Bertz CT molecular complexity index is 706. The quantitative estimate of drug-likeness (QED) is 0.724. The van der Waals surface area contributed by atoms with Gasteiger partial charge in [-0.15, -0.1) is 0 Å². The van der Waals surface area contributed by atoms with Crippen LogP contribution in [0.5, 0.6) is 17.2 Å². The highest BCUT2D eigenvalue weighted by atomic mass is 79.9. The summed E-state index contributed by atoms with van der Waals surface area (Å²) in [4.78, 5) is 11.2. The van der Waals surface area contributed by atoms with Gasteiger partial charge >= 0.3 is 0 Å². The van der Waals surface area contributed by atoms with Crippen LogP contribution in [0, 0.1) is 0 Å². The topological polar surface area (TPSA) is 72.5 Å². The normalized spacial score (nSPS) is 10.8. The first kappa shape index (κ1) is 16.8. The molecule has 1 amide bonds. The van der Waals surface area contributed by atoms with E-state index in [1.54, 1.807) is 30.3 Å². The Hall–Kier alpha value is -1.53. The number of aromatic hydroxyl groups is 1. The molecule has 6 heteroatoms. The summed E-state index contributed by atoms with van der Waals surface area (Å²) in [6, 6.07) is 8.28. The fraction of sp³-hybridized carbons (Fsp3) is 0.188. The van der Waals surface area contributed by atoms with E-state index in [2.05, 4.69) is 31.9 Å². The molecule has 0 heterocycles.